The standard InChI is InChI=1S/C17H17N3O/c1-11(2)16-19-15-6-4-3-5-14(15)17(20-16)18-12-7-9-13(21)10-8-12/h3-11,21H,1-2H3,(H,18,19,20). The molecule has 106 valence electrons. The monoisotopic (exact) mass is 279 g/mol. The summed E-state index contributed by atoms with van der Waals surface area (Å²) in [6.45, 7) is 4.16. The molecular formula is C17H17N3O. The SMILES string of the molecule is CC(C)c1nc(Nc2ccc(O)cc2)c2ccccc2n1. The molecule has 0 atom stereocenters. The van der Waals surface area contributed by atoms with Crippen molar-refractivity contribution in [3.8, 4) is 5.75 Å². The number of nitrogens with zero attached hydrogens (tertiary/aromatic N) is 2. The molecule has 0 aliphatic carbocycles. The zero-order valence-electron chi connectivity index (χ0n) is 12.0. The van der Waals surface area contributed by atoms with Gasteiger partial charge in [-0.3, -0.25) is 0 Å². The van der Waals surface area contributed by atoms with Gasteiger partial charge in [0.05, 0.1) is 5.52 Å². The van der Waals surface area contributed by atoms with Gasteiger partial charge in [0.15, 0.2) is 0 Å². The molecule has 0 fully saturated rings. The van der Waals surface area contributed by atoms with Gasteiger partial charge in [0, 0.05) is 17.0 Å². The van der Waals surface area contributed by atoms with Gasteiger partial charge in [-0.15, -0.1) is 0 Å². The summed E-state index contributed by atoms with van der Waals surface area (Å²) in [6.07, 6.45) is 0. The molecule has 0 saturated carbocycles. The molecule has 0 amide bonds. The summed E-state index contributed by atoms with van der Waals surface area (Å²) >= 11 is 0. The number of fused-ring (bicyclic) bond motifs is 1. The summed E-state index contributed by atoms with van der Waals surface area (Å²) in [5.74, 6) is 2.11. The Balaban J connectivity index is 2.09. The molecule has 2 N–H and O–H groups in total. The van der Waals surface area contributed by atoms with Crippen LogP contribution in [0.25, 0.3) is 10.9 Å². The molecule has 0 radical (unpaired) electrons. The average molecular weight is 279 g/mol. The minimum Gasteiger partial charge on any atom is -0.508 e. The smallest absolute Gasteiger partial charge is 0.142 e. The molecule has 1 aromatic heterocycles. The van der Waals surface area contributed by atoms with Gasteiger partial charge in [-0.05, 0) is 36.4 Å². The lowest BCUT2D eigenvalue weighted by Gasteiger charge is -2.12. The Kier molecular flexibility index (Phi) is 3.44. The lowest BCUT2D eigenvalue weighted by atomic mass is 10.1. The van der Waals surface area contributed by atoms with Crippen molar-refractivity contribution >= 4 is 22.4 Å². The van der Waals surface area contributed by atoms with Crippen molar-refractivity contribution in [2.75, 3.05) is 5.32 Å². The first-order valence-corrected chi connectivity index (χ1v) is 6.96. The van der Waals surface area contributed by atoms with E-state index in [1.807, 2.05) is 36.4 Å². The molecule has 3 aromatic rings. The maximum atomic E-state index is 9.36. The second kappa shape index (κ2) is 5.40. The third-order valence-corrected chi connectivity index (χ3v) is 3.27. The lowest BCUT2D eigenvalue weighted by molar-refractivity contribution is 0.475. The average Bonchev–Trinajstić information content (AvgIpc) is 2.49. The van der Waals surface area contributed by atoms with E-state index in [9.17, 15) is 5.11 Å². The number of hydrogen-bond acceptors (Lipinski definition) is 4. The summed E-state index contributed by atoms with van der Waals surface area (Å²) in [6, 6.07) is 14.9. The molecule has 0 saturated heterocycles. The second-order valence-electron chi connectivity index (χ2n) is 5.27. The molecule has 0 bridgehead atoms. The largest absolute Gasteiger partial charge is 0.508 e. The Morgan fingerprint density at radius 1 is 0.952 bits per heavy atom. The van der Waals surface area contributed by atoms with Crippen LogP contribution in [0.15, 0.2) is 48.5 Å². The van der Waals surface area contributed by atoms with E-state index in [1.54, 1.807) is 12.1 Å². The lowest BCUT2D eigenvalue weighted by Crippen LogP contribution is -2.03. The number of phenols is 1. The molecule has 0 spiro atoms. The first kappa shape index (κ1) is 13.4. The molecule has 2 aromatic carbocycles. The van der Waals surface area contributed by atoms with Crippen LogP contribution < -0.4 is 5.32 Å². The maximum Gasteiger partial charge on any atom is 0.142 e. The van der Waals surface area contributed by atoms with E-state index in [1.165, 1.54) is 0 Å². The highest BCUT2D eigenvalue weighted by atomic mass is 16.3. The highest BCUT2D eigenvalue weighted by molar-refractivity contribution is 5.90. The van der Waals surface area contributed by atoms with Crippen LogP contribution >= 0.6 is 0 Å². The minimum absolute atomic E-state index is 0.246. The van der Waals surface area contributed by atoms with E-state index in [2.05, 4.69) is 29.1 Å². The fraction of sp³-hybridized carbons (Fsp3) is 0.176. The molecule has 0 aliphatic rings. The Labute approximate surface area is 123 Å². The number of benzene rings is 2. The summed E-state index contributed by atoms with van der Waals surface area (Å²) in [7, 11) is 0. The third-order valence-electron chi connectivity index (χ3n) is 3.27. The first-order valence-electron chi connectivity index (χ1n) is 6.96. The van der Waals surface area contributed by atoms with E-state index in [0.29, 0.717) is 0 Å². The van der Waals surface area contributed by atoms with Crippen LogP contribution in [0.5, 0.6) is 5.75 Å². The number of nitrogens with one attached hydrogen (secondary N) is 1. The van der Waals surface area contributed by atoms with Crippen molar-refractivity contribution in [3.05, 3.63) is 54.4 Å². The molecule has 1 heterocycles. The second-order valence-corrected chi connectivity index (χ2v) is 5.27. The van der Waals surface area contributed by atoms with Crippen LogP contribution in [0.1, 0.15) is 25.6 Å². The van der Waals surface area contributed by atoms with Crippen molar-refractivity contribution < 1.29 is 5.11 Å². The van der Waals surface area contributed by atoms with Crippen LogP contribution in [-0.2, 0) is 0 Å². The number of anilines is 2. The van der Waals surface area contributed by atoms with Crippen LogP contribution in [0.4, 0.5) is 11.5 Å². The Hall–Kier alpha value is -2.62. The number of phenolic OH excluding ortho intramolecular Hbond substituents is 1. The number of para-hydroxylation sites is 1. The van der Waals surface area contributed by atoms with Gasteiger partial charge in [-0.2, -0.15) is 0 Å². The zero-order valence-corrected chi connectivity index (χ0v) is 12.0. The van der Waals surface area contributed by atoms with Gasteiger partial charge >= 0.3 is 0 Å². The van der Waals surface area contributed by atoms with E-state index >= 15 is 0 Å². The molecule has 21 heavy (non-hydrogen) atoms. The number of aromatic hydroxyl groups is 1. The van der Waals surface area contributed by atoms with Crippen LogP contribution in [0.2, 0.25) is 0 Å². The van der Waals surface area contributed by atoms with Crippen molar-refractivity contribution in [1.29, 1.82) is 0 Å². The first-order chi connectivity index (χ1) is 10.1. The highest BCUT2D eigenvalue weighted by Gasteiger charge is 2.10. The molecule has 4 heteroatoms. The van der Waals surface area contributed by atoms with Crippen molar-refractivity contribution in [3.63, 3.8) is 0 Å². The van der Waals surface area contributed by atoms with Crippen LogP contribution in [-0.4, -0.2) is 15.1 Å². The predicted molar refractivity (Wildman–Crippen MR) is 85.0 cm³/mol. The maximum absolute atomic E-state index is 9.36. The fourth-order valence-electron chi connectivity index (χ4n) is 2.13. The summed E-state index contributed by atoms with van der Waals surface area (Å²) in [5.41, 5.74) is 1.81. The summed E-state index contributed by atoms with van der Waals surface area (Å²) in [5, 5.41) is 13.6. The predicted octanol–water partition coefficient (Wildman–Crippen LogP) is 4.20. The number of hydrogen-bond donors (Lipinski definition) is 2. The molecule has 0 unspecified atom stereocenters. The molecule has 0 aliphatic heterocycles. The minimum atomic E-state index is 0.246. The zero-order chi connectivity index (χ0) is 14.8. The van der Waals surface area contributed by atoms with Gasteiger partial charge in [-0.25, -0.2) is 9.97 Å². The van der Waals surface area contributed by atoms with Crippen molar-refractivity contribution in [2.45, 2.75) is 19.8 Å². The van der Waals surface area contributed by atoms with E-state index in [0.717, 1.165) is 28.2 Å². The van der Waals surface area contributed by atoms with Gasteiger partial charge in [-0.1, -0.05) is 26.0 Å². The highest BCUT2D eigenvalue weighted by Crippen LogP contribution is 2.26. The fourth-order valence-corrected chi connectivity index (χ4v) is 2.13. The van der Waals surface area contributed by atoms with Gasteiger partial charge in [0.1, 0.15) is 17.4 Å². The Morgan fingerprint density at radius 3 is 2.38 bits per heavy atom. The van der Waals surface area contributed by atoms with E-state index < -0.39 is 0 Å². The summed E-state index contributed by atoms with van der Waals surface area (Å²) in [4.78, 5) is 9.23. The number of aromatic nitrogens is 2. The van der Waals surface area contributed by atoms with Crippen molar-refractivity contribution in [1.82, 2.24) is 9.97 Å². The van der Waals surface area contributed by atoms with E-state index in [4.69, 9.17) is 0 Å². The number of rotatable bonds is 3. The Morgan fingerprint density at radius 2 is 1.67 bits per heavy atom. The topological polar surface area (TPSA) is 58.0 Å². The van der Waals surface area contributed by atoms with Crippen molar-refractivity contribution in [2.24, 2.45) is 0 Å². The van der Waals surface area contributed by atoms with Crippen LogP contribution in [0, 0.1) is 0 Å². The molecule has 4 nitrogen and oxygen atoms in total. The van der Waals surface area contributed by atoms with E-state index in [-0.39, 0.29) is 11.7 Å². The van der Waals surface area contributed by atoms with Crippen LogP contribution in [0.3, 0.4) is 0 Å². The molecular weight excluding hydrogens is 262 g/mol. The van der Waals surface area contributed by atoms with Gasteiger partial charge in [0.25, 0.3) is 0 Å². The third kappa shape index (κ3) is 2.79. The van der Waals surface area contributed by atoms with Gasteiger partial charge < -0.3 is 10.4 Å². The Bertz CT molecular complexity index is 767. The normalized spacial score (nSPS) is 11.0. The quantitative estimate of drug-likeness (QED) is 0.705. The summed E-state index contributed by atoms with van der Waals surface area (Å²) < 4.78 is 0. The molecule has 3 rings (SSSR count). The van der Waals surface area contributed by atoms with Gasteiger partial charge in [0.2, 0.25) is 0 Å².